The first-order valence-electron chi connectivity index (χ1n) is 10.9. The topological polar surface area (TPSA) is 66.9 Å². The van der Waals surface area contributed by atoms with Crippen molar-refractivity contribution in [2.45, 2.75) is 44.4 Å². The lowest BCUT2D eigenvalue weighted by atomic mass is 9.94. The SMILES string of the molecule is COc1ccc2c(c1)CCCN2C(=O)C1CCN(S(=O)(=O)c2ccc(C)cc2C)CC1. The molecule has 4 rings (SSSR count). The van der Waals surface area contributed by atoms with Crippen molar-refractivity contribution < 1.29 is 17.9 Å². The van der Waals surface area contributed by atoms with Crippen LogP contribution in [0.2, 0.25) is 0 Å². The summed E-state index contributed by atoms with van der Waals surface area (Å²) in [7, 11) is -1.90. The van der Waals surface area contributed by atoms with Crippen molar-refractivity contribution >= 4 is 21.6 Å². The van der Waals surface area contributed by atoms with Gasteiger partial charge in [-0.05, 0) is 74.9 Å². The zero-order valence-corrected chi connectivity index (χ0v) is 19.2. The largest absolute Gasteiger partial charge is 0.497 e. The molecule has 0 atom stereocenters. The lowest BCUT2D eigenvalue weighted by Gasteiger charge is -2.36. The van der Waals surface area contributed by atoms with Gasteiger partial charge in [0.15, 0.2) is 0 Å². The Balaban J connectivity index is 1.46. The number of amides is 1. The zero-order chi connectivity index (χ0) is 22.2. The molecule has 0 bridgehead atoms. The Morgan fingerprint density at radius 3 is 2.45 bits per heavy atom. The Bertz CT molecular complexity index is 1090. The number of methoxy groups -OCH3 is 1. The van der Waals surface area contributed by atoms with Gasteiger partial charge in [-0.1, -0.05) is 17.7 Å². The first kappa shape index (κ1) is 21.8. The molecule has 2 heterocycles. The maximum absolute atomic E-state index is 13.3. The summed E-state index contributed by atoms with van der Waals surface area (Å²) in [5, 5.41) is 0. The van der Waals surface area contributed by atoms with Gasteiger partial charge in [0.1, 0.15) is 5.75 Å². The fraction of sp³-hybridized carbons (Fsp3) is 0.458. The Kier molecular flexibility index (Phi) is 6.08. The van der Waals surface area contributed by atoms with Gasteiger partial charge in [0.25, 0.3) is 0 Å². The van der Waals surface area contributed by atoms with E-state index in [-0.39, 0.29) is 11.8 Å². The van der Waals surface area contributed by atoms with Crippen LogP contribution in [0.1, 0.15) is 36.0 Å². The van der Waals surface area contributed by atoms with Gasteiger partial charge in [0.05, 0.1) is 12.0 Å². The summed E-state index contributed by atoms with van der Waals surface area (Å²) >= 11 is 0. The molecule has 7 heteroatoms. The fourth-order valence-electron chi connectivity index (χ4n) is 4.72. The minimum absolute atomic E-state index is 0.106. The first-order valence-corrected chi connectivity index (χ1v) is 12.3. The van der Waals surface area contributed by atoms with Crippen LogP contribution in [0, 0.1) is 19.8 Å². The molecule has 0 aliphatic carbocycles. The van der Waals surface area contributed by atoms with Crippen LogP contribution >= 0.6 is 0 Å². The van der Waals surface area contributed by atoms with Gasteiger partial charge in [-0.2, -0.15) is 4.31 Å². The standard InChI is InChI=1S/C24H30N2O4S/c1-17-6-9-23(18(2)15-17)31(28,29)25-13-10-19(11-14-25)24(27)26-12-4-5-20-16-21(30-3)7-8-22(20)26/h6-9,15-16,19H,4-5,10-14H2,1-3H3. The third kappa shape index (κ3) is 4.21. The van der Waals surface area contributed by atoms with E-state index >= 15 is 0 Å². The minimum atomic E-state index is -3.55. The van der Waals surface area contributed by atoms with E-state index in [2.05, 4.69) is 0 Å². The molecule has 0 saturated carbocycles. The molecule has 1 fully saturated rings. The number of benzene rings is 2. The second-order valence-corrected chi connectivity index (χ2v) is 10.4. The minimum Gasteiger partial charge on any atom is -0.497 e. The molecule has 2 aromatic carbocycles. The molecule has 2 aliphatic heterocycles. The van der Waals surface area contributed by atoms with Crippen molar-refractivity contribution in [1.29, 1.82) is 0 Å². The summed E-state index contributed by atoms with van der Waals surface area (Å²) in [5.41, 5.74) is 3.90. The predicted molar refractivity (Wildman–Crippen MR) is 121 cm³/mol. The van der Waals surface area contributed by atoms with Crippen molar-refractivity contribution in [1.82, 2.24) is 4.31 Å². The normalized spacial score (nSPS) is 18.0. The quantitative estimate of drug-likeness (QED) is 0.724. The number of piperidine rings is 1. The molecular weight excluding hydrogens is 412 g/mol. The number of ether oxygens (including phenoxy) is 1. The van der Waals surface area contributed by atoms with E-state index in [4.69, 9.17) is 4.74 Å². The monoisotopic (exact) mass is 442 g/mol. The molecule has 0 spiro atoms. The summed E-state index contributed by atoms with van der Waals surface area (Å²) in [6, 6.07) is 11.3. The third-order valence-corrected chi connectivity index (χ3v) is 8.48. The van der Waals surface area contributed by atoms with Crippen LogP contribution < -0.4 is 9.64 Å². The summed E-state index contributed by atoms with van der Waals surface area (Å²) in [4.78, 5) is 15.6. The number of rotatable bonds is 4. The number of carbonyl (C=O) groups excluding carboxylic acids is 1. The number of nitrogens with zero attached hydrogens (tertiary/aromatic N) is 2. The van der Waals surface area contributed by atoms with Crippen LogP contribution in [0.5, 0.6) is 5.75 Å². The number of anilines is 1. The van der Waals surface area contributed by atoms with Crippen LogP contribution in [0.15, 0.2) is 41.3 Å². The maximum atomic E-state index is 13.3. The van der Waals surface area contributed by atoms with E-state index in [9.17, 15) is 13.2 Å². The molecule has 0 radical (unpaired) electrons. The third-order valence-electron chi connectivity index (χ3n) is 6.42. The van der Waals surface area contributed by atoms with E-state index in [0.29, 0.717) is 37.4 Å². The number of carbonyl (C=O) groups is 1. The smallest absolute Gasteiger partial charge is 0.243 e. The highest BCUT2D eigenvalue weighted by molar-refractivity contribution is 7.89. The van der Waals surface area contributed by atoms with E-state index in [0.717, 1.165) is 41.0 Å². The molecule has 2 aromatic rings. The molecule has 0 aromatic heterocycles. The number of hydrogen-bond donors (Lipinski definition) is 0. The van der Waals surface area contributed by atoms with Crippen molar-refractivity contribution in [2.24, 2.45) is 5.92 Å². The highest BCUT2D eigenvalue weighted by Crippen LogP contribution is 2.33. The molecule has 31 heavy (non-hydrogen) atoms. The van der Waals surface area contributed by atoms with Crippen LogP contribution in [-0.2, 0) is 21.2 Å². The first-order chi connectivity index (χ1) is 14.8. The lowest BCUT2D eigenvalue weighted by molar-refractivity contribution is -0.123. The second-order valence-electron chi connectivity index (χ2n) is 8.54. The van der Waals surface area contributed by atoms with Crippen molar-refractivity contribution in [3.05, 3.63) is 53.1 Å². The molecule has 6 nitrogen and oxygen atoms in total. The molecular formula is C24H30N2O4S. The van der Waals surface area contributed by atoms with E-state index in [1.807, 2.05) is 49.1 Å². The van der Waals surface area contributed by atoms with E-state index in [1.165, 1.54) is 4.31 Å². The van der Waals surface area contributed by atoms with Crippen LogP contribution in [0.3, 0.4) is 0 Å². The Hall–Kier alpha value is -2.38. The van der Waals surface area contributed by atoms with Crippen molar-refractivity contribution in [3.63, 3.8) is 0 Å². The van der Waals surface area contributed by atoms with Gasteiger partial charge in [0, 0.05) is 31.2 Å². The average Bonchev–Trinajstić information content (AvgIpc) is 2.77. The van der Waals surface area contributed by atoms with E-state index in [1.54, 1.807) is 13.2 Å². The van der Waals surface area contributed by atoms with Crippen molar-refractivity contribution in [3.8, 4) is 5.75 Å². The molecule has 166 valence electrons. The Labute approximate surface area is 184 Å². The number of sulfonamides is 1. The summed E-state index contributed by atoms with van der Waals surface area (Å²) < 4.78 is 33.1. The van der Waals surface area contributed by atoms with Crippen LogP contribution in [0.4, 0.5) is 5.69 Å². The summed E-state index contributed by atoms with van der Waals surface area (Å²) in [6.07, 6.45) is 2.95. The zero-order valence-electron chi connectivity index (χ0n) is 18.4. The summed E-state index contributed by atoms with van der Waals surface area (Å²) in [6.45, 7) is 5.23. The second kappa shape index (κ2) is 8.63. The molecule has 1 amide bonds. The van der Waals surface area contributed by atoms with Gasteiger partial charge in [-0.25, -0.2) is 8.42 Å². The molecule has 0 unspecified atom stereocenters. The fourth-order valence-corrected chi connectivity index (χ4v) is 6.40. The average molecular weight is 443 g/mol. The number of fused-ring (bicyclic) bond motifs is 1. The molecule has 1 saturated heterocycles. The van der Waals surface area contributed by atoms with Crippen LogP contribution in [0.25, 0.3) is 0 Å². The molecule has 0 N–H and O–H groups in total. The van der Waals surface area contributed by atoms with Gasteiger partial charge in [-0.3, -0.25) is 4.79 Å². The number of aryl methyl sites for hydroxylation is 3. The molecule has 2 aliphatic rings. The predicted octanol–water partition coefficient (Wildman–Crippen LogP) is 3.69. The van der Waals surface area contributed by atoms with E-state index < -0.39 is 10.0 Å². The summed E-state index contributed by atoms with van der Waals surface area (Å²) in [5.74, 6) is 0.756. The highest BCUT2D eigenvalue weighted by atomic mass is 32.2. The van der Waals surface area contributed by atoms with Gasteiger partial charge < -0.3 is 9.64 Å². The number of hydrogen-bond acceptors (Lipinski definition) is 4. The van der Waals surface area contributed by atoms with Crippen LogP contribution in [-0.4, -0.2) is 45.4 Å². The van der Waals surface area contributed by atoms with Gasteiger partial charge in [-0.15, -0.1) is 0 Å². The van der Waals surface area contributed by atoms with Crippen molar-refractivity contribution in [2.75, 3.05) is 31.6 Å². The Morgan fingerprint density at radius 2 is 1.77 bits per heavy atom. The highest BCUT2D eigenvalue weighted by Gasteiger charge is 2.35. The maximum Gasteiger partial charge on any atom is 0.243 e. The van der Waals surface area contributed by atoms with Gasteiger partial charge >= 0.3 is 0 Å². The van der Waals surface area contributed by atoms with Gasteiger partial charge in [0.2, 0.25) is 15.9 Å². The lowest BCUT2D eigenvalue weighted by Crippen LogP contribution is -2.45. The Morgan fingerprint density at radius 1 is 1.03 bits per heavy atom.